The number of amides is 1. The lowest BCUT2D eigenvalue weighted by atomic mass is 10.2. The summed E-state index contributed by atoms with van der Waals surface area (Å²) in [5.74, 6) is -1.50. The molecule has 6 nitrogen and oxygen atoms in total. The Morgan fingerprint density at radius 2 is 2.12 bits per heavy atom. The zero-order valence-electron chi connectivity index (χ0n) is 7.96. The molecule has 2 rings (SSSR count). The SMILES string of the molecule is O=C(Nc1nccnn1)c1cccnc1F. The molecule has 0 saturated heterocycles. The van der Waals surface area contributed by atoms with Crippen LogP contribution in [0.4, 0.5) is 10.3 Å². The number of halogens is 1. The van der Waals surface area contributed by atoms with Gasteiger partial charge >= 0.3 is 0 Å². The molecule has 0 saturated carbocycles. The van der Waals surface area contributed by atoms with Gasteiger partial charge in [0.05, 0.1) is 18.0 Å². The standard InChI is InChI=1S/C9H6FN5O/c10-7-6(2-1-3-11-7)8(16)14-9-12-4-5-13-15-9/h1-5H,(H,12,14,15,16). The van der Waals surface area contributed by atoms with Gasteiger partial charge < -0.3 is 0 Å². The molecule has 16 heavy (non-hydrogen) atoms. The molecule has 0 spiro atoms. The molecular formula is C9H6FN5O. The number of carbonyl (C=O) groups excluding carboxylic acids is 1. The second-order valence-corrected chi connectivity index (χ2v) is 2.76. The van der Waals surface area contributed by atoms with Gasteiger partial charge in [0.1, 0.15) is 0 Å². The summed E-state index contributed by atoms with van der Waals surface area (Å²) in [6, 6.07) is 2.77. The van der Waals surface area contributed by atoms with Crippen LogP contribution in [0.3, 0.4) is 0 Å². The lowest BCUT2D eigenvalue weighted by molar-refractivity contribution is 0.102. The van der Waals surface area contributed by atoms with Gasteiger partial charge in [-0.15, -0.1) is 5.10 Å². The number of rotatable bonds is 2. The highest BCUT2D eigenvalue weighted by Crippen LogP contribution is 2.05. The van der Waals surface area contributed by atoms with Crippen LogP contribution in [0, 0.1) is 5.95 Å². The largest absolute Gasteiger partial charge is 0.289 e. The van der Waals surface area contributed by atoms with Crippen LogP contribution >= 0.6 is 0 Å². The highest BCUT2D eigenvalue weighted by Gasteiger charge is 2.12. The van der Waals surface area contributed by atoms with Crippen LogP contribution in [0.25, 0.3) is 0 Å². The Kier molecular flexibility index (Phi) is 2.77. The van der Waals surface area contributed by atoms with Crippen molar-refractivity contribution in [1.29, 1.82) is 0 Å². The highest BCUT2D eigenvalue weighted by molar-refractivity contribution is 6.03. The molecule has 0 bridgehead atoms. The molecule has 7 heteroatoms. The van der Waals surface area contributed by atoms with Gasteiger partial charge in [-0.1, -0.05) is 0 Å². The first-order valence-electron chi connectivity index (χ1n) is 4.33. The monoisotopic (exact) mass is 219 g/mol. The molecule has 0 fully saturated rings. The van der Waals surface area contributed by atoms with Crippen molar-refractivity contribution < 1.29 is 9.18 Å². The maximum absolute atomic E-state index is 13.1. The Balaban J connectivity index is 2.19. The van der Waals surface area contributed by atoms with E-state index in [1.807, 2.05) is 0 Å². The summed E-state index contributed by atoms with van der Waals surface area (Å²) in [7, 11) is 0. The number of hydrogen-bond donors (Lipinski definition) is 1. The first-order chi connectivity index (χ1) is 7.77. The summed E-state index contributed by atoms with van der Waals surface area (Å²) in [6.07, 6.45) is 3.98. The van der Waals surface area contributed by atoms with Gasteiger partial charge in [-0.05, 0) is 12.1 Å². The maximum atomic E-state index is 13.1. The van der Waals surface area contributed by atoms with E-state index in [1.165, 1.54) is 30.7 Å². The summed E-state index contributed by atoms with van der Waals surface area (Å²) in [4.78, 5) is 18.6. The molecule has 2 aromatic heterocycles. The van der Waals surface area contributed by atoms with Crippen molar-refractivity contribution in [1.82, 2.24) is 20.2 Å². The molecule has 1 amide bonds. The fraction of sp³-hybridized carbons (Fsp3) is 0. The van der Waals surface area contributed by atoms with Gasteiger partial charge in [-0.25, -0.2) is 9.97 Å². The number of anilines is 1. The minimum Gasteiger partial charge on any atom is -0.289 e. The molecule has 0 radical (unpaired) electrons. The quantitative estimate of drug-likeness (QED) is 0.750. The molecule has 0 atom stereocenters. The summed E-state index contributed by atoms with van der Waals surface area (Å²) < 4.78 is 13.1. The second kappa shape index (κ2) is 4.39. The van der Waals surface area contributed by atoms with Crippen molar-refractivity contribution in [2.45, 2.75) is 0 Å². The molecule has 1 N–H and O–H groups in total. The van der Waals surface area contributed by atoms with Gasteiger partial charge in [0.15, 0.2) is 0 Å². The van der Waals surface area contributed by atoms with Crippen LogP contribution in [0.15, 0.2) is 30.7 Å². The smallest absolute Gasteiger partial charge is 0.262 e. The van der Waals surface area contributed by atoms with E-state index in [4.69, 9.17) is 0 Å². The maximum Gasteiger partial charge on any atom is 0.262 e. The third-order valence-electron chi connectivity index (χ3n) is 1.71. The number of aromatic nitrogens is 4. The molecule has 0 aliphatic rings. The van der Waals surface area contributed by atoms with Crippen molar-refractivity contribution in [3.05, 3.63) is 42.2 Å². The number of nitrogens with zero attached hydrogens (tertiary/aromatic N) is 4. The topological polar surface area (TPSA) is 80.7 Å². The van der Waals surface area contributed by atoms with Crippen molar-refractivity contribution in [2.24, 2.45) is 0 Å². The summed E-state index contributed by atoms with van der Waals surface area (Å²) in [5, 5.41) is 9.35. The van der Waals surface area contributed by atoms with Crippen molar-refractivity contribution in [2.75, 3.05) is 5.32 Å². The van der Waals surface area contributed by atoms with E-state index >= 15 is 0 Å². The third kappa shape index (κ3) is 2.14. The summed E-state index contributed by atoms with van der Waals surface area (Å²) in [5.41, 5.74) is -0.171. The molecule has 0 aliphatic carbocycles. The predicted octanol–water partition coefficient (Wildman–Crippen LogP) is 0.658. The number of carbonyl (C=O) groups is 1. The zero-order chi connectivity index (χ0) is 11.4. The zero-order valence-corrected chi connectivity index (χ0v) is 7.96. The molecule has 0 unspecified atom stereocenters. The van der Waals surface area contributed by atoms with Gasteiger partial charge in [-0.2, -0.15) is 9.49 Å². The van der Waals surface area contributed by atoms with Crippen LogP contribution in [0.1, 0.15) is 10.4 Å². The second-order valence-electron chi connectivity index (χ2n) is 2.76. The molecule has 0 aliphatic heterocycles. The van der Waals surface area contributed by atoms with E-state index in [0.29, 0.717) is 0 Å². The average molecular weight is 219 g/mol. The van der Waals surface area contributed by atoms with E-state index in [1.54, 1.807) is 0 Å². The number of pyridine rings is 1. The van der Waals surface area contributed by atoms with Crippen molar-refractivity contribution >= 4 is 11.9 Å². The Morgan fingerprint density at radius 1 is 1.25 bits per heavy atom. The predicted molar refractivity (Wildman–Crippen MR) is 52.0 cm³/mol. The molecule has 2 aromatic rings. The Labute approximate surface area is 89.6 Å². The molecule has 80 valence electrons. The Bertz CT molecular complexity index is 504. The van der Waals surface area contributed by atoms with Crippen molar-refractivity contribution in [3.63, 3.8) is 0 Å². The molecule has 2 heterocycles. The van der Waals surface area contributed by atoms with E-state index in [-0.39, 0.29) is 11.5 Å². The molecular weight excluding hydrogens is 213 g/mol. The fourth-order valence-electron chi connectivity index (χ4n) is 1.03. The lowest BCUT2D eigenvalue weighted by Gasteiger charge is -2.02. The third-order valence-corrected chi connectivity index (χ3v) is 1.71. The minimum absolute atomic E-state index is 0.00996. The van der Waals surface area contributed by atoms with Gasteiger partial charge in [0.2, 0.25) is 11.9 Å². The van der Waals surface area contributed by atoms with Crippen LogP contribution < -0.4 is 5.32 Å². The van der Waals surface area contributed by atoms with Crippen LogP contribution in [0.5, 0.6) is 0 Å². The minimum atomic E-state index is -0.844. The normalized spacial score (nSPS) is 9.81. The van der Waals surface area contributed by atoms with E-state index < -0.39 is 11.9 Å². The van der Waals surface area contributed by atoms with Crippen molar-refractivity contribution in [3.8, 4) is 0 Å². The Hall–Kier alpha value is -2.44. The van der Waals surface area contributed by atoms with Gasteiger partial charge in [0, 0.05) is 6.20 Å². The lowest BCUT2D eigenvalue weighted by Crippen LogP contribution is -2.16. The van der Waals surface area contributed by atoms with Crippen LogP contribution in [-0.4, -0.2) is 26.1 Å². The Morgan fingerprint density at radius 3 is 2.81 bits per heavy atom. The first-order valence-corrected chi connectivity index (χ1v) is 4.33. The fourth-order valence-corrected chi connectivity index (χ4v) is 1.03. The average Bonchev–Trinajstić information content (AvgIpc) is 2.31. The van der Waals surface area contributed by atoms with Gasteiger partial charge in [-0.3, -0.25) is 10.1 Å². The number of nitrogens with one attached hydrogen (secondary N) is 1. The van der Waals surface area contributed by atoms with Crippen LogP contribution in [0.2, 0.25) is 0 Å². The molecule has 0 aromatic carbocycles. The summed E-state index contributed by atoms with van der Waals surface area (Å²) >= 11 is 0. The van der Waals surface area contributed by atoms with E-state index in [0.717, 1.165) is 0 Å². The first kappa shape index (κ1) is 10.1. The van der Waals surface area contributed by atoms with Crippen LogP contribution in [-0.2, 0) is 0 Å². The number of hydrogen-bond acceptors (Lipinski definition) is 5. The highest BCUT2D eigenvalue weighted by atomic mass is 19.1. The summed E-state index contributed by atoms with van der Waals surface area (Å²) in [6.45, 7) is 0. The van der Waals surface area contributed by atoms with E-state index in [9.17, 15) is 9.18 Å². The van der Waals surface area contributed by atoms with Gasteiger partial charge in [0.25, 0.3) is 5.91 Å². The van der Waals surface area contributed by atoms with E-state index in [2.05, 4.69) is 25.5 Å².